The average Bonchev–Trinajstić information content (AvgIpc) is 2.71. The predicted octanol–water partition coefficient (Wildman–Crippen LogP) is 3.64. The molecule has 0 unspecified atom stereocenters. The van der Waals surface area contributed by atoms with Crippen LogP contribution >= 0.6 is 0 Å². The molecule has 0 amide bonds. The average molecular weight is 405 g/mol. The molecule has 2 rings (SSSR count). The Labute approximate surface area is 162 Å². The van der Waals surface area contributed by atoms with Crippen LogP contribution in [0.5, 0.6) is 0 Å². The summed E-state index contributed by atoms with van der Waals surface area (Å²) in [6.45, 7) is 12.5. The van der Waals surface area contributed by atoms with Crippen molar-refractivity contribution in [3.05, 3.63) is 29.8 Å². The van der Waals surface area contributed by atoms with Crippen molar-refractivity contribution < 1.29 is 27.0 Å². The van der Waals surface area contributed by atoms with Gasteiger partial charge in [-0.25, -0.2) is 0 Å². The van der Waals surface area contributed by atoms with Gasteiger partial charge in [0.2, 0.25) is 0 Å². The Morgan fingerprint density at radius 3 is 1.81 bits per heavy atom. The van der Waals surface area contributed by atoms with E-state index in [2.05, 4.69) is 4.72 Å². The van der Waals surface area contributed by atoms with Crippen LogP contribution in [0, 0.1) is 0 Å². The highest BCUT2D eigenvalue weighted by atomic mass is 32.2. The van der Waals surface area contributed by atoms with Crippen molar-refractivity contribution in [3.8, 4) is 0 Å². The van der Waals surface area contributed by atoms with Crippen molar-refractivity contribution >= 4 is 23.9 Å². The van der Waals surface area contributed by atoms with Crippen molar-refractivity contribution in [1.29, 1.82) is 0 Å². The van der Waals surface area contributed by atoms with E-state index >= 15 is 0 Å². The van der Waals surface area contributed by atoms with Gasteiger partial charge in [-0.1, -0.05) is 24.3 Å². The largest absolute Gasteiger partial charge is 0.598 e. The van der Waals surface area contributed by atoms with E-state index in [1.165, 1.54) is 12.1 Å². The van der Waals surface area contributed by atoms with Crippen molar-refractivity contribution in [3.63, 3.8) is 0 Å². The van der Waals surface area contributed by atoms with Crippen LogP contribution in [0.1, 0.15) is 60.1 Å². The minimum atomic E-state index is -4.58. The standard InChI is InChI=1S/C18H27BF3NO3S/c1-15(2,3)27(24)23-14(18(20,21)22)12-8-10-13(11-9-12)19-25-16(4,5)17(6,7)26-19/h8-11,14,23H,1-7H3/t14-,27+/m1/s1. The Bertz CT molecular complexity index is 643. The lowest BCUT2D eigenvalue weighted by Crippen LogP contribution is -2.45. The fraction of sp³-hybridized carbons (Fsp3) is 0.667. The Morgan fingerprint density at radius 1 is 1.00 bits per heavy atom. The number of hydrogen-bond donors (Lipinski definition) is 1. The first-order valence-corrected chi connectivity index (χ1v) is 9.90. The molecule has 1 aliphatic rings. The molecule has 1 fully saturated rings. The molecule has 1 aromatic carbocycles. The van der Waals surface area contributed by atoms with E-state index < -0.39 is 46.6 Å². The molecule has 1 heterocycles. The van der Waals surface area contributed by atoms with Crippen LogP contribution in [0.3, 0.4) is 0 Å². The summed E-state index contributed by atoms with van der Waals surface area (Å²) < 4.78 is 65.9. The molecule has 27 heavy (non-hydrogen) atoms. The van der Waals surface area contributed by atoms with Crippen LogP contribution in [-0.2, 0) is 20.7 Å². The maximum Gasteiger partial charge on any atom is 0.494 e. The Hall–Kier alpha value is -0.735. The number of alkyl halides is 3. The van der Waals surface area contributed by atoms with Crippen LogP contribution in [0.2, 0.25) is 0 Å². The Kier molecular flexibility index (Phi) is 6.06. The minimum absolute atomic E-state index is 0.0135. The highest BCUT2D eigenvalue weighted by molar-refractivity contribution is 7.90. The van der Waals surface area contributed by atoms with Gasteiger partial charge >= 0.3 is 13.3 Å². The summed E-state index contributed by atoms with van der Waals surface area (Å²) in [6.07, 6.45) is -4.58. The number of benzene rings is 1. The van der Waals surface area contributed by atoms with E-state index in [9.17, 15) is 17.7 Å². The predicted molar refractivity (Wildman–Crippen MR) is 102 cm³/mol. The molecular formula is C18H27BF3NO3S. The molecule has 0 saturated carbocycles. The summed E-state index contributed by atoms with van der Waals surface area (Å²) in [4.78, 5) is 0. The molecule has 1 aromatic rings. The summed E-state index contributed by atoms with van der Waals surface area (Å²) in [6, 6.07) is 3.82. The lowest BCUT2D eigenvalue weighted by molar-refractivity contribution is -0.153. The lowest BCUT2D eigenvalue weighted by Gasteiger charge is -2.32. The fourth-order valence-corrected chi connectivity index (χ4v) is 3.27. The Morgan fingerprint density at radius 2 is 1.44 bits per heavy atom. The van der Waals surface area contributed by atoms with E-state index in [-0.39, 0.29) is 5.56 Å². The van der Waals surface area contributed by atoms with Crippen LogP contribution in [0.15, 0.2) is 24.3 Å². The van der Waals surface area contributed by atoms with Crippen molar-refractivity contribution in [1.82, 2.24) is 4.72 Å². The van der Waals surface area contributed by atoms with E-state index in [0.717, 1.165) is 0 Å². The molecular weight excluding hydrogens is 378 g/mol. The van der Waals surface area contributed by atoms with Crippen molar-refractivity contribution in [2.45, 2.75) is 76.6 Å². The first-order chi connectivity index (χ1) is 12.0. The molecule has 0 aromatic heterocycles. The van der Waals surface area contributed by atoms with Gasteiger partial charge in [-0.3, -0.25) is 0 Å². The third kappa shape index (κ3) is 5.01. The van der Waals surface area contributed by atoms with Gasteiger partial charge < -0.3 is 13.9 Å². The van der Waals surface area contributed by atoms with E-state index in [0.29, 0.717) is 5.46 Å². The topological polar surface area (TPSA) is 53.5 Å². The first kappa shape index (κ1) is 22.6. The van der Waals surface area contributed by atoms with Crippen LogP contribution < -0.4 is 10.2 Å². The molecule has 1 N–H and O–H groups in total. The zero-order chi connectivity index (χ0) is 20.8. The lowest BCUT2D eigenvalue weighted by atomic mass is 9.78. The van der Waals surface area contributed by atoms with Crippen LogP contribution in [0.4, 0.5) is 13.2 Å². The number of nitrogens with one attached hydrogen (secondary N) is 1. The normalized spacial score (nSPS) is 22.0. The summed E-state index contributed by atoms with van der Waals surface area (Å²) in [5.74, 6) is 0. The molecule has 4 nitrogen and oxygen atoms in total. The third-order valence-electron chi connectivity index (χ3n) is 4.90. The zero-order valence-corrected chi connectivity index (χ0v) is 17.5. The molecule has 152 valence electrons. The van der Waals surface area contributed by atoms with Gasteiger partial charge in [-0.2, -0.15) is 13.2 Å². The highest BCUT2D eigenvalue weighted by Crippen LogP contribution is 2.37. The zero-order valence-electron chi connectivity index (χ0n) is 16.7. The van der Waals surface area contributed by atoms with Gasteiger partial charge in [0.15, 0.2) is 6.04 Å². The number of hydrogen-bond acceptors (Lipinski definition) is 4. The quantitative estimate of drug-likeness (QED) is 0.614. The molecule has 0 bridgehead atoms. The summed E-state index contributed by atoms with van der Waals surface area (Å²) in [5.41, 5.74) is -0.443. The summed E-state index contributed by atoms with van der Waals surface area (Å²) in [5, 5.41) is 0. The summed E-state index contributed by atoms with van der Waals surface area (Å²) >= 11 is -1.86. The van der Waals surface area contributed by atoms with Gasteiger partial charge in [-0.05, 0) is 59.5 Å². The SMILES string of the molecule is CC(C)(C)[S@+]([O-])N[C@H](c1ccc(B2OC(C)(C)C(C)(C)O2)cc1)C(F)(F)F. The van der Waals surface area contributed by atoms with Gasteiger partial charge in [0.25, 0.3) is 0 Å². The molecule has 1 aliphatic heterocycles. The molecule has 0 spiro atoms. The molecule has 9 heteroatoms. The fourth-order valence-electron chi connectivity index (χ4n) is 2.43. The van der Waals surface area contributed by atoms with Gasteiger partial charge in [0.05, 0.1) is 11.2 Å². The molecule has 0 aliphatic carbocycles. The third-order valence-corrected chi connectivity index (χ3v) is 6.47. The number of rotatable bonds is 4. The van der Waals surface area contributed by atoms with Gasteiger partial charge in [0, 0.05) is 11.4 Å². The van der Waals surface area contributed by atoms with Crippen LogP contribution in [-0.4, -0.2) is 33.8 Å². The molecule has 0 radical (unpaired) electrons. The van der Waals surface area contributed by atoms with Gasteiger partial charge in [0.1, 0.15) is 4.75 Å². The van der Waals surface area contributed by atoms with E-state index in [4.69, 9.17) is 9.31 Å². The monoisotopic (exact) mass is 405 g/mol. The second-order valence-electron chi connectivity index (χ2n) is 8.73. The van der Waals surface area contributed by atoms with E-state index in [1.54, 1.807) is 32.9 Å². The molecule has 1 saturated heterocycles. The van der Waals surface area contributed by atoms with Crippen LogP contribution in [0.25, 0.3) is 0 Å². The van der Waals surface area contributed by atoms with Gasteiger partial charge in [-0.15, -0.1) is 4.72 Å². The van der Waals surface area contributed by atoms with Crippen molar-refractivity contribution in [2.24, 2.45) is 0 Å². The Balaban J connectivity index is 2.23. The highest BCUT2D eigenvalue weighted by Gasteiger charge is 2.52. The minimum Gasteiger partial charge on any atom is -0.598 e. The molecule has 2 atom stereocenters. The summed E-state index contributed by atoms with van der Waals surface area (Å²) in [7, 11) is -0.648. The first-order valence-electron chi connectivity index (χ1n) is 8.75. The number of halogens is 3. The maximum atomic E-state index is 13.5. The van der Waals surface area contributed by atoms with Crippen molar-refractivity contribution in [2.75, 3.05) is 0 Å². The second kappa shape index (κ2) is 7.26. The smallest absolute Gasteiger partial charge is 0.494 e. The van der Waals surface area contributed by atoms with E-state index in [1.807, 2.05) is 27.7 Å². The maximum absolute atomic E-state index is 13.5. The second-order valence-corrected chi connectivity index (χ2v) is 10.7.